The minimum Gasteiger partial charge on any atom is -0.480 e. The van der Waals surface area contributed by atoms with Gasteiger partial charge < -0.3 is 15.0 Å². The molecule has 1 saturated carbocycles. The summed E-state index contributed by atoms with van der Waals surface area (Å²) in [5.41, 5.74) is 6.10. The molecule has 3 atom stereocenters. The Bertz CT molecular complexity index is 645. The summed E-state index contributed by atoms with van der Waals surface area (Å²) in [6.07, 6.45) is 3.05. The molecule has 21 heavy (non-hydrogen) atoms. The standard InChI is InChI=1S/C15H17N3O2S/c16-10-5-3-4-9(10)15-17-14(18-20-15)12-8-21-13-7-2-1-6-11(13)19-12/h1-2,6-7,9-10,12H,3-5,8,16H2. The lowest BCUT2D eigenvalue weighted by atomic mass is 10.1. The minimum absolute atomic E-state index is 0.140. The van der Waals surface area contributed by atoms with Crippen LogP contribution in [0.4, 0.5) is 0 Å². The van der Waals surface area contributed by atoms with Crippen LogP contribution in [0.2, 0.25) is 0 Å². The van der Waals surface area contributed by atoms with Crippen LogP contribution in [0.15, 0.2) is 33.7 Å². The van der Waals surface area contributed by atoms with Crippen molar-refractivity contribution in [2.45, 2.75) is 42.2 Å². The number of aromatic nitrogens is 2. The van der Waals surface area contributed by atoms with Crippen molar-refractivity contribution in [2.24, 2.45) is 5.73 Å². The first-order valence-electron chi connectivity index (χ1n) is 7.29. The van der Waals surface area contributed by atoms with E-state index < -0.39 is 0 Å². The van der Waals surface area contributed by atoms with E-state index >= 15 is 0 Å². The fraction of sp³-hybridized carbons (Fsp3) is 0.467. The van der Waals surface area contributed by atoms with E-state index in [0.717, 1.165) is 35.7 Å². The molecule has 2 N–H and O–H groups in total. The van der Waals surface area contributed by atoms with E-state index in [1.165, 1.54) is 0 Å². The normalized spacial score (nSPS) is 28.1. The van der Waals surface area contributed by atoms with Crippen LogP contribution >= 0.6 is 11.8 Å². The fourth-order valence-corrected chi connectivity index (χ4v) is 3.95. The second-order valence-corrected chi connectivity index (χ2v) is 6.62. The summed E-state index contributed by atoms with van der Waals surface area (Å²) in [4.78, 5) is 5.71. The van der Waals surface area contributed by atoms with E-state index in [1.54, 1.807) is 11.8 Å². The average molecular weight is 303 g/mol. The molecule has 6 heteroatoms. The van der Waals surface area contributed by atoms with Gasteiger partial charge in [0, 0.05) is 16.7 Å². The highest BCUT2D eigenvalue weighted by molar-refractivity contribution is 7.99. The third kappa shape index (κ3) is 2.42. The fourth-order valence-electron chi connectivity index (χ4n) is 2.97. The maximum absolute atomic E-state index is 6.10. The van der Waals surface area contributed by atoms with Gasteiger partial charge in [-0.2, -0.15) is 4.98 Å². The highest BCUT2D eigenvalue weighted by Crippen LogP contribution is 2.40. The van der Waals surface area contributed by atoms with Crippen molar-refractivity contribution in [2.75, 3.05) is 5.75 Å². The molecule has 2 aliphatic rings. The molecule has 1 aromatic heterocycles. The predicted octanol–water partition coefficient (Wildman–Crippen LogP) is 2.89. The van der Waals surface area contributed by atoms with E-state index in [9.17, 15) is 0 Å². The van der Waals surface area contributed by atoms with E-state index in [1.807, 2.05) is 18.2 Å². The van der Waals surface area contributed by atoms with Crippen LogP contribution in [0.3, 0.4) is 0 Å². The molecule has 5 nitrogen and oxygen atoms in total. The SMILES string of the molecule is NC1CCCC1c1nc(C2CSc3ccccc3O2)no1. The number of thioether (sulfide) groups is 1. The van der Waals surface area contributed by atoms with Crippen LogP contribution < -0.4 is 10.5 Å². The summed E-state index contributed by atoms with van der Waals surface area (Å²) in [7, 11) is 0. The van der Waals surface area contributed by atoms with Gasteiger partial charge in [0.2, 0.25) is 11.7 Å². The molecule has 0 saturated heterocycles. The average Bonchev–Trinajstić information content (AvgIpc) is 3.15. The lowest BCUT2D eigenvalue weighted by Crippen LogP contribution is -2.23. The number of nitrogens with two attached hydrogens (primary N) is 1. The highest BCUT2D eigenvalue weighted by atomic mass is 32.2. The zero-order valence-corrected chi connectivity index (χ0v) is 12.4. The van der Waals surface area contributed by atoms with Crippen LogP contribution in [-0.4, -0.2) is 21.9 Å². The van der Waals surface area contributed by atoms with Gasteiger partial charge in [0.05, 0.1) is 5.92 Å². The van der Waals surface area contributed by atoms with E-state index in [4.69, 9.17) is 15.0 Å². The zero-order chi connectivity index (χ0) is 14.2. The van der Waals surface area contributed by atoms with Crippen molar-refractivity contribution >= 4 is 11.8 Å². The molecule has 2 aromatic rings. The molecule has 110 valence electrons. The molecule has 0 radical (unpaired) electrons. The van der Waals surface area contributed by atoms with E-state index in [2.05, 4.69) is 16.2 Å². The molecule has 1 aliphatic carbocycles. The Balaban J connectivity index is 1.54. The van der Waals surface area contributed by atoms with Gasteiger partial charge in [-0.05, 0) is 25.0 Å². The number of fused-ring (bicyclic) bond motifs is 1. The number of ether oxygens (including phenoxy) is 1. The smallest absolute Gasteiger partial charge is 0.231 e. The molecule has 0 spiro atoms. The van der Waals surface area contributed by atoms with E-state index in [0.29, 0.717) is 11.7 Å². The first kappa shape index (κ1) is 13.2. The topological polar surface area (TPSA) is 74.2 Å². The van der Waals surface area contributed by atoms with Crippen LogP contribution in [0.1, 0.15) is 43.0 Å². The maximum atomic E-state index is 6.10. The molecule has 2 heterocycles. The summed E-state index contributed by atoms with van der Waals surface area (Å²) < 4.78 is 11.4. The van der Waals surface area contributed by atoms with Gasteiger partial charge in [-0.15, -0.1) is 11.8 Å². The quantitative estimate of drug-likeness (QED) is 0.919. The van der Waals surface area contributed by atoms with Gasteiger partial charge in [0.25, 0.3) is 0 Å². The number of rotatable bonds is 2. The van der Waals surface area contributed by atoms with Crippen molar-refractivity contribution in [1.29, 1.82) is 0 Å². The zero-order valence-electron chi connectivity index (χ0n) is 11.6. The second kappa shape index (κ2) is 5.35. The van der Waals surface area contributed by atoms with Crippen molar-refractivity contribution in [3.8, 4) is 5.75 Å². The summed E-state index contributed by atoms with van der Waals surface area (Å²) >= 11 is 1.76. The molecule has 1 fully saturated rings. The molecule has 3 unspecified atom stereocenters. The predicted molar refractivity (Wildman–Crippen MR) is 79.4 cm³/mol. The molecule has 1 aliphatic heterocycles. The van der Waals surface area contributed by atoms with Crippen LogP contribution in [-0.2, 0) is 0 Å². The van der Waals surface area contributed by atoms with Gasteiger partial charge in [-0.25, -0.2) is 0 Å². The Morgan fingerprint density at radius 1 is 1.24 bits per heavy atom. The molecule has 0 bridgehead atoms. The van der Waals surface area contributed by atoms with Crippen molar-refractivity contribution in [1.82, 2.24) is 10.1 Å². The lowest BCUT2D eigenvalue weighted by molar-refractivity contribution is 0.205. The molecular weight excluding hydrogens is 286 g/mol. The first-order chi connectivity index (χ1) is 10.3. The summed E-state index contributed by atoms with van der Waals surface area (Å²) in [5.74, 6) is 3.19. The number of benzene rings is 1. The summed E-state index contributed by atoms with van der Waals surface area (Å²) in [6.45, 7) is 0. The van der Waals surface area contributed by atoms with E-state index in [-0.39, 0.29) is 18.1 Å². The Hall–Kier alpha value is -1.53. The largest absolute Gasteiger partial charge is 0.480 e. The van der Waals surface area contributed by atoms with Gasteiger partial charge in [-0.3, -0.25) is 0 Å². The minimum atomic E-state index is -0.153. The lowest BCUT2D eigenvalue weighted by Gasteiger charge is -2.22. The number of hydrogen-bond donors (Lipinski definition) is 1. The number of hydrogen-bond acceptors (Lipinski definition) is 6. The maximum Gasteiger partial charge on any atom is 0.231 e. The van der Waals surface area contributed by atoms with Crippen LogP contribution in [0, 0.1) is 0 Å². The van der Waals surface area contributed by atoms with Gasteiger partial charge >= 0.3 is 0 Å². The molecule has 1 aromatic carbocycles. The third-order valence-corrected chi connectivity index (χ3v) is 5.26. The van der Waals surface area contributed by atoms with Gasteiger partial charge in [0.1, 0.15) is 5.75 Å². The Morgan fingerprint density at radius 3 is 3.00 bits per heavy atom. The van der Waals surface area contributed by atoms with Crippen molar-refractivity contribution < 1.29 is 9.26 Å². The van der Waals surface area contributed by atoms with Crippen LogP contribution in [0.5, 0.6) is 5.75 Å². The van der Waals surface area contributed by atoms with Crippen molar-refractivity contribution in [3.05, 3.63) is 36.0 Å². The molecular formula is C15H17N3O2S. The monoisotopic (exact) mass is 303 g/mol. The number of nitrogens with zero attached hydrogens (tertiary/aromatic N) is 2. The third-order valence-electron chi connectivity index (χ3n) is 4.14. The van der Waals surface area contributed by atoms with Gasteiger partial charge in [0.15, 0.2) is 6.10 Å². The molecule has 4 rings (SSSR count). The van der Waals surface area contributed by atoms with Crippen LogP contribution in [0.25, 0.3) is 0 Å². The first-order valence-corrected chi connectivity index (χ1v) is 8.27. The Labute approximate surface area is 127 Å². The second-order valence-electron chi connectivity index (χ2n) is 5.56. The molecule has 0 amide bonds. The summed E-state index contributed by atoms with van der Waals surface area (Å²) in [5, 5.41) is 4.11. The number of para-hydroxylation sites is 1. The summed E-state index contributed by atoms with van der Waals surface area (Å²) in [6, 6.07) is 8.17. The van der Waals surface area contributed by atoms with Crippen molar-refractivity contribution in [3.63, 3.8) is 0 Å². The Kier molecular flexibility index (Phi) is 3.35. The Morgan fingerprint density at radius 2 is 2.14 bits per heavy atom. The van der Waals surface area contributed by atoms with Gasteiger partial charge in [-0.1, -0.05) is 23.7 Å². The highest BCUT2D eigenvalue weighted by Gasteiger charge is 2.32.